The Morgan fingerprint density at radius 1 is 1.19 bits per heavy atom. The van der Waals surface area contributed by atoms with Crippen LogP contribution in [0.5, 0.6) is 5.75 Å². The lowest BCUT2D eigenvalue weighted by Gasteiger charge is -2.17. The molecule has 0 bridgehead atoms. The first kappa shape index (κ1) is 16.1. The van der Waals surface area contributed by atoms with Crippen LogP contribution >= 0.6 is 15.9 Å². The number of nitrogens with one attached hydrogen (secondary N) is 1. The lowest BCUT2D eigenvalue weighted by atomic mass is 10.0. The lowest BCUT2D eigenvalue weighted by Crippen LogP contribution is -2.21. The number of hydrogen-bond donors (Lipinski definition) is 1. The van der Waals surface area contributed by atoms with Crippen LogP contribution < -0.4 is 10.1 Å². The minimum Gasteiger partial charge on any atom is -0.493 e. The van der Waals surface area contributed by atoms with Crippen molar-refractivity contribution in [3.05, 3.63) is 51.9 Å². The third-order valence-electron chi connectivity index (χ3n) is 3.31. The van der Waals surface area contributed by atoms with Gasteiger partial charge in [-0.2, -0.15) is 0 Å². The summed E-state index contributed by atoms with van der Waals surface area (Å²) in [6.07, 6.45) is 0.909. The van der Waals surface area contributed by atoms with Crippen molar-refractivity contribution in [1.82, 2.24) is 5.32 Å². The van der Waals surface area contributed by atoms with E-state index in [1.807, 2.05) is 19.1 Å². The Morgan fingerprint density at radius 3 is 2.57 bits per heavy atom. The standard InChI is InChI=1S/C17H22BrNO2/c1-4-13-8-10-16(21-13)17(19-5-2)12-7-9-15(20-6-3)14(18)11-12/h7-11,17,19H,4-6H2,1-3H3. The zero-order valence-electron chi connectivity index (χ0n) is 12.8. The maximum atomic E-state index is 5.91. The van der Waals surface area contributed by atoms with Gasteiger partial charge >= 0.3 is 0 Å². The highest BCUT2D eigenvalue weighted by Gasteiger charge is 2.18. The van der Waals surface area contributed by atoms with Crippen molar-refractivity contribution in [2.45, 2.75) is 33.2 Å². The van der Waals surface area contributed by atoms with Crippen LogP contribution in [0, 0.1) is 0 Å². The van der Waals surface area contributed by atoms with Gasteiger partial charge in [-0.15, -0.1) is 0 Å². The Hall–Kier alpha value is -1.26. The molecule has 0 aliphatic rings. The Labute approximate surface area is 134 Å². The normalized spacial score (nSPS) is 12.4. The van der Waals surface area contributed by atoms with Gasteiger partial charge in [-0.1, -0.05) is 19.9 Å². The molecule has 0 aliphatic heterocycles. The second-order valence-electron chi connectivity index (χ2n) is 4.77. The average Bonchev–Trinajstić information content (AvgIpc) is 2.96. The fourth-order valence-electron chi connectivity index (χ4n) is 2.30. The molecule has 4 heteroatoms. The quantitative estimate of drug-likeness (QED) is 0.784. The summed E-state index contributed by atoms with van der Waals surface area (Å²) in [4.78, 5) is 0. The minimum atomic E-state index is 0.0577. The van der Waals surface area contributed by atoms with Gasteiger partial charge in [0.1, 0.15) is 17.3 Å². The third-order valence-corrected chi connectivity index (χ3v) is 3.93. The zero-order valence-corrected chi connectivity index (χ0v) is 14.4. The van der Waals surface area contributed by atoms with Crippen LogP contribution in [-0.2, 0) is 6.42 Å². The van der Waals surface area contributed by atoms with Crippen molar-refractivity contribution in [3.8, 4) is 5.75 Å². The molecule has 1 atom stereocenters. The molecule has 1 aromatic heterocycles. The summed E-state index contributed by atoms with van der Waals surface area (Å²) in [6.45, 7) is 7.71. The van der Waals surface area contributed by atoms with Crippen molar-refractivity contribution in [1.29, 1.82) is 0 Å². The zero-order chi connectivity index (χ0) is 15.2. The maximum Gasteiger partial charge on any atom is 0.133 e. The summed E-state index contributed by atoms with van der Waals surface area (Å²) in [6, 6.07) is 10.3. The van der Waals surface area contributed by atoms with E-state index in [1.165, 1.54) is 0 Å². The molecule has 0 amide bonds. The monoisotopic (exact) mass is 351 g/mol. The number of benzene rings is 1. The summed E-state index contributed by atoms with van der Waals surface area (Å²) in [7, 11) is 0. The van der Waals surface area contributed by atoms with E-state index in [-0.39, 0.29) is 6.04 Å². The molecule has 2 aromatic rings. The Balaban J connectivity index is 2.31. The molecule has 0 spiro atoms. The molecule has 0 aliphatic carbocycles. The van der Waals surface area contributed by atoms with Gasteiger partial charge in [0, 0.05) is 6.42 Å². The van der Waals surface area contributed by atoms with E-state index in [2.05, 4.69) is 53.3 Å². The predicted octanol–water partition coefficient (Wildman–Crippen LogP) is 4.70. The first-order chi connectivity index (χ1) is 10.2. The van der Waals surface area contributed by atoms with E-state index < -0.39 is 0 Å². The summed E-state index contributed by atoms with van der Waals surface area (Å²) in [5.74, 6) is 2.83. The van der Waals surface area contributed by atoms with Crippen molar-refractivity contribution < 1.29 is 9.15 Å². The molecule has 0 radical (unpaired) electrons. The summed E-state index contributed by atoms with van der Waals surface area (Å²) in [5, 5.41) is 3.48. The van der Waals surface area contributed by atoms with Crippen molar-refractivity contribution in [3.63, 3.8) is 0 Å². The molecular weight excluding hydrogens is 330 g/mol. The third kappa shape index (κ3) is 3.89. The van der Waals surface area contributed by atoms with Crippen LogP contribution in [0.4, 0.5) is 0 Å². The summed E-state index contributed by atoms with van der Waals surface area (Å²) >= 11 is 3.58. The largest absolute Gasteiger partial charge is 0.493 e. The van der Waals surface area contributed by atoms with Gasteiger partial charge < -0.3 is 14.5 Å². The van der Waals surface area contributed by atoms with Gasteiger partial charge in [0.2, 0.25) is 0 Å². The fourth-order valence-corrected chi connectivity index (χ4v) is 2.81. The second kappa shape index (κ2) is 7.66. The molecule has 21 heavy (non-hydrogen) atoms. The average molecular weight is 352 g/mol. The second-order valence-corrected chi connectivity index (χ2v) is 5.63. The summed E-state index contributed by atoms with van der Waals surface area (Å²) < 4.78 is 12.4. The van der Waals surface area contributed by atoms with Gasteiger partial charge in [-0.25, -0.2) is 0 Å². The Bertz CT molecular complexity index is 580. The minimum absolute atomic E-state index is 0.0577. The number of ether oxygens (including phenoxy) is 1. The molecule has 0 fully saturated rings. The summed E-state index contributed by atoms with van der Waals surface area (Å²) in [5.41, 5.74) is 1.16. The highest BCUT2D eigenvalue weighted by atomic mass is 79.9. The number of aryl methyl sites for hydroxylation is 1. The molecule has 1 N–H and O–H groups in total. The van der Waals surface area contributed by atoms with Gasteiger partial charge in [0.05, 0.1) is 17.1 Å². The Morgan fingerprint density at radius 2 is 2.00 bits per heavy atom. The SMILES string of the molecule is CCNC(c1ccc(OCC)c(Br)c1)c1ccc(CC)o1. The highest BCUT2D eigenvalue weighted by Crippen LogP contribution is 2.31. The number of hydrogen-bond acceptors (Lipinski definition) is 3. The first-order valence-corrected chi connectivity index (χ1v) is 8.23. The van der Waals surface area contributed by atoms with Crippen molar-refractivity contribution >= 4 is 15.9 Å². The van der Waals surface area contributed by atoms with Crippen LogP contribution in [-0.4, -0.2) is 13.2 Å². The van der Waals surface area contributed by atoms with Gasteiger partial charge in [0.25, 0.3) is 0 Å². The van der Waals surface area contributed by atoms with Crippen LogP contribution in [0.3, 0.4) is 0 Å². The van der Waals surface area contributed by atoms with E-state index in [1.54, 1.807) is 0 Å². The molecule has 0 saturated carbocycles. The molecule has 1 heterocycles. The van der Waals surface area contributed by atoms with E-state index >= 15 is 0 Å². The lowest BCUT2D eigenvalue weighted by molar-refractivity contribution is 0.338. The van der Waals surface area contributed by atoms with Gasteiger partial charge in [-0.05, 0) is 59.2 Å². The van der Waals surface area contributed by atoms with Crippen LogP contribution in [0.1, 0.15) is 43.9 Å². The van der Waals surface area contributed by atoms with E-state index in [4.69, 9.17) is 9.15 Å². The predicted molar refractivity (Wildman–Crippen MR) is 88.9 cm³/mol. The molecule has 2 rings (SSSR count). The molecular formula is C17H22BrNO2. The van der Waals surface area contributed by atoms with E-state index in [9.17, 15) is 0 Å². The molecule has 1 aromatic carbocycles. The number of furan rings is 1. The van der Waals surface area contributed by atoms with Crippen molar-refractivity contribution in [2.24, 2.45) is 0 Å². The fraction of sp³-hybridized carbons (Fsp3) is 0.412. The smallest absolute Gasteiger partial charge is 0.133 e. The van der Waals surface area contributed by atoms with Crippen LogP contribution in [0.25, 0.3) is 0 Å². The van der Waals surface area contributed by atoms with Gasteiger partial charge in [0.15, 0.2) is 0 Å². The van der Waals surface area contributed by atoms with E-state index in [0.717, 1.165) is 40.3 Å². The molecule has 114 valence electrons. The van der Waals surface area contributed by atoms with Crippen LogP contribution in [0.15, 0.2) is 39.2 Å². The maximum absolute atomic E-state index is 5.91. The molecule has 0 saturated heterocycles. The number of halogens is 1. The highest BCUT2D eigenvalue weighted by molar-refractivity contribution is 9.10. The molecule has 3 nitrogen and oxygen atoms in total. The van der Waals surface area contributed by atoms with Crippen LogP contribution in [0.2, 0.25) is 0 Å². The first-order valence-electron chi connectivity index (χ1n) is 7.43. The number of rotatable bonds is 7. The topological polar surface area (TPSA) is 34.4 Å². The van der Waals surface area contributed by atoms with E-state index in [0.29, 0.717) is 6.61 Å². The van der Waals surface area contributed by atoms with Crippen molar-refractivity contribution in [2.75, 3.05) is 13.2 Å². The van der Waals surface area contributed by atoms with Gasteiger partial charge in [-0.3, -0.25) is 0 Å². The Kier molecular flexibility index (Phi) is 5.88. The molecule has 1 unspecified atom stereocenters.